The fraction of sp³-hybridized carbons (Fsp3) is 0.375. The van der Waals surface area contributed by atoms with Gasteiger partial charge in [0, 0.05) is 6.20 Å². The highest BCUT2D eigenvalue weighted by atomic mass is 35.5. The van der Waals surface area contributed by atoms with E-state index >= 15 is 0 Å². The summed E-state index contributed by atoms with van der Waals surface area (Å²) in [7, 11) is 0. The molecular weight excluding hydrogens is 146 g/mol. The van der Waals surface area contributed by atoms with Crippen LogP contribution in [0, 0.1) is 6.92 Å². The van der Waals surface area contributed by atoms with Crippen molar-refractivity contribution in [2.45, 2.75) is 20.3 Å². The van der Waals surface area contributed by atoms with Crippen molar-refractivity contribution in [1.29, 1.82) is 0 Å². The third-order valence-corrected chi connectivity index (χ3v) is 1.87. The van der Waals surface area contributed by atoms with Gasteiger partial charge >= 0.3 is 0 Å². The summed E-state index contributed by atoms with van der Waals surface area (Å²) in [6.45, 7) is 3.99. The van der Waals surface area contributed by atoms with Gasteiger partial charge in [-0.2, -0.15) is 0 Å². The number of hydrogen-bond acceptors (Lipinski definition) is 1. The fourth-order valence-corrected chi connectivity index (χ4v) is 0.928. The van der Waals surface area contributed by atoms with Crippen molar-refractivity contribution < 1.29 is 0 Å². The van der Waals surface area contributed by atoms with Crippen LogP contribution in [0.15, 0.2) is 12.3 Å². The van der Waals surface area contributed by atoms with Crippen LogP contribution in [0.5, 0.6) is 0 Å². The highest BCUT2D eigenvalue weighted by Gasteiger charge is 1.95. The normalized spacial score (nSPS) is 9.90. The fourth-order valence-electron chi connectivity index (χ4n) is 0.739. The minimum atomic E-state index is 0.763. The van der Waals surface area contributed by atoms with Crippen molar-refractivity contribution >= 4 is 11.6 Å². The number of halogens is 1. The van der Waals surface area contributed by atoms with Gasteiger partial charge in [0.15, 0.2) is 0 Å². The zero-order valence-electron chi connectivity index (χ0n) is 6.19. The van der Waals surface area contributed by atoms with E-state index in [1.54, 1.807) is 0 Å². The molecule has 54 valence electrons. The lowest BCUT2D eigenvalue weighted by molar-refractivity contribution is 1.08. The van der Waals surface area contributed by atoms with Gasteiger partial charge in [0.1, 0.15) is 0 Å². The predicted octanol–water partition coefficient (Wildman–Crippen LogP) is 2.61. The van der Waals surface area contributed by atoms with E-state index in [4.69, 9.17) is 11.6 Å². The number of hydrogen-bond donors (Lipinski definition) is 0. The Labute approximate surface area is 66.0 Å². The molecule has 1 nitrogen and oxygen atoms in total. The van der Waals surface area contributed by atoms with E-state index in [1.165, 1.54) is 5.56 Å². The van der Waals surface area contributed by atoms with Crippen molar-refractivity contribution in [3.05, 3.63) is 28.5 Å². The van der Waals surface area contributed by atoms with E-state index in [1.807, 2.05) is 19.2 Å². The van der Waals surface area contributed by atoms with Gasteiger partial charge in [-0.25, -0.2) is 0 Å². The minimum absolute atomic E-state index is 0.763. The molecule has 1 rings (SSSR count). The zero-order chi connectivity index (χ0) is 7.56. The first kappa shape index (κ1) is 7.55. The van der Waals surface area contributed by atoms with E-state index in [0.717, 1.165) is 17.1 Å². The van der Waals surface area contributed by atoms with Gasteiger partial charge in [-0.1, -0.05) is 18.5 Å². The van der Waals surface area contributed by atoms with Gasteiger partial charge in [0.2, 0.25) is 0 Å². The molecule has 0 N–H and O–H groups in total. The number of rotatable bonds is 1. The first-order chi connectivity index (χ1) is 4.74. The summed E-state index contributed by atoms with van der Waals surface area (Å²) in [6, 6.07) is 1.96. The SMILES string of the molecule is CCc1cnc(C)c(Cl)c1. The largest absolute Gasteiger partial charge is 0.260 e. The molecule has 0 atom stereocenters. The van der Waals surface area contributed by atoms with Gasteiger partial charge in [0.05, 0.1) is 10.7 Å². The third kappa shape index (κ3) is 1.48. The smallest absolute Gasteiger partial charge is 0.0621 e. The molecule has 0 aliphatic rings. The molecule has 0 fully saturated rings. The number of aryl methyl sites for hydroxylation is 2. The van der Waals surface area contributed by atoms with Gasteiger partial charge in [-0.3, -0.25) is 4.98 Å². The lowest BCUT2D eigenvalue weighted by Gasteiger charge is -1.98. The van der Waals surface area contributed by atoms with Crippen LogP contribution in [0.2, 0.25) is 5.02 Å². The Balaban J connectivity index is 3.04. The molecule has 2 heteroatoms. The molecule has 0 radical (unpaired) electrons. The molecule has 1 heterocycles. The Bertz CT molecular complexity index is 233. The molecule has 0 saturated heterocycles. The van der Waals surface area contributed by atoms with Crippen LogP contribution in [0.25, 0.3) is 0 Å². The maximum atomic E-state index is 5.83. The Morgan fingerprint density at radius 3 is 2.80 bits per heavy atom. The van der Waals surface area contributed by atoms with E-state index in [9.17, 15) is 0 Å². The van der Waals surface area contributed by atoms with Gasteiger partial charge in [0.25, 0.3) is 0 Å². The standard InChI is InChI=1S/C8H10ClN/c1-3-7-4-8(9)6(2)10-5-7/h4-5H,3H2,1-2H3. The number of nitrogens with zero attached hydrogens (tertiary/aromatic N) is 1. The lowest BCUT2D eigenvalue weighted by atomic mass is 10.2. The first-order valence-electron chi connectivity index (χ1n) is 3.35. The highest BCUT2D eigenvalue weighted by molar-refractivity contribution is 6.31. The molecule has 0 bridgehead atoms. The molecule has 1 aromatic heterocycles. The summed E-state index contributed by atoms with van der Waals surface area (Å²) in [4.78, 5) is 4.12. The van der Waals surface area contributed by atoms with Crippen LogP contribution in [0.3, 0.4) is 0 Å². The minimum Gasteiger partial charge on any atom is -0.260 e. The number of pyridine rings is 1. The summed E-state index contributed by atoms with van der Waals surface area (Å²) >= 11 is 5.83. The maximum absolute atomic E-state index is 5.83. The molecule has 0 spiro atoms. The second kappa shape index (κ2) is 3.02. The van der Waals surface area contributed by atoms with E-state index in [0.29, 0.717) is 0 Å². The van der Waals surface area contributed by atoms with E-state index in [2.05, 4.69) is 11.9 Å². The van der Waals surface area contributed by atoms with E-state index in [-0.39, 0.29) is 0 Å². The Hall–Kier alpha value is -0.560. The first-order valence-corrected chi connectivity index (χ1v) is 3.73. The van der Waals surface area contributed by atoms with Crippen LogP contribution in [0.1, 0.15) is 18.2 Å². The van der Waals surface area contributed by atoms with Crippen LogP contribution in [-0.4, -0.2) is 4.98 Å². The topological polar surface area (TPSA) is 12.9 Å². The molecule has 0 amide bonds. The molecule has 0 aliphatic carbocycles. The lowest BCUT2D eigenvalue weighted by Crippen LogP contribution is -1.86. The van der Waals surface area contributed by atoms with Crippen molar-refractivity contribution in [2.75, 3.05) is 0 Å². The maximum Gasteiger partial charge on any atom is 0.0621 e. The van der Waals surface area contributed by atoms with Gasteiger partial charge in [-0.05, 0) is 25.0 Å². The number of aromatic nitrogens is 1. The second-order valence-corrected chi connectivity index (χ2v) is 2.67. The van der Waals surface area contributed by atoms with Gasteiger partial charge in [-0.15, -0.1) is 0 Å². The molecule has 0 aliphatic heterocycles. The van der Waals surface area contributed by atoms with Crippen molar-refractivity contribution in [3.63, 3.8) is 0 Å². The van der Waals surface area contributed by atoms with Crippen molar-refractivity contribution in [2.24, 2.45) is 0 Å². The monoisotopic (exact) mass is 155 g/mol. The highest BCUT2D eigenvalue weighted by Crippen LogP contribution is 2.13. The second-order valence-electron chi connectivity index (χ2n) is 2.26. The summed E-state index contributed by atoms with van der Waals surface area (Å²) in [5, 5.41) is 0.763. The summed E-state index contributed by atoms with van der Waals surface area (Å²) < 4.78 is 0. The van der Waals surface area contributed by atoms with Crippen LogP contribution in [0.4, 0.5) is 0 Å². The quantitative estimate of drug-likeness (QED) is 0.608. The summed E-state index contributed by atoms with van der Waals surface area (Å²) in [6.07, 6.45) is 2.86. The predicted molar refractivity (Wildman–Crippen MR) is 43.4 cm³/mol. The van der Waals surface area contributed by atoms with E-state index < -0.39 is 0 Å². The van der Waals surface area contributed by atoms with Gasteiger partial charge < -0.3 is 0 Å². The van der Waals surface area contributed by atoms with Crippen LogP contribution < -0.4 is 0 Å². The average Bonchev–Trinajstić information content (AvgIpc) is 1.95. The van der Waals surface area contributed by atoms with Crippen molar-refractivity contribution in [1.82, 2.24) is 4.98 Å². The molecular formula is C8H10ClN. The Kier molecular flexibility index (Phi) is 2.28. The Morgan fingerprint density at radius 1 is 1.60 bits per heavy atom. The zero-order valence-corrected chi connectivity index (χ0v) is 6.94. The molecule has 1 aromatic rings. The molecule has 0 unspecified atom stereocenters. The Morgan fingerprint density at radius 2 is 2.30 bits per heavy atom. The summed E-state index contributed by atoms with van der Waals surface area (Å²) in [5.41, 5.74) is 2.09. The van der Waals surface area contributed by atoms with Crippen LogP contribution >= 0.6 is 11.6 Å². The average molecular weight is 156 g/mol. The summed E-state index contributed by atoms with van der Waals surface area (Å²) in [5.74, 6) is 0. The molecule has 0 saturated carbocycles. The van der Waals surface area contributed by atoms with Crippen molar-refractivity contribution in [3.8, 4) is 0 Å². The third-order valence-electron chi connectivity index (χ3n) is 1.49. The molecule has 0 aromatic carbocycles. The molecule has 10 heavy (non-hydrogen) atoms. The van der Waals surface area contributed by atoms with Crippen LogP contribution in [-0.2, 0) is 6.42 Å².